The lowest BCUT2D eigenvalue weighted by atomic mass is 10.1. The van der Waals surface area contributed by atoms with Gasteiger partial charge in [-0.1, -0.05) is 24.3 Å². The Hall–Kier alpha value is -2.36. The minimum absolute atomic E-state index is 0.0830. The summed E-state index contributed by atoms with van der Waals surface area (Å²) in [5, 5.41) is 1.98. The van der Waals surface area contributed by atoms with E-state index in [1.54, 1.807) is 19.0 Å². The van der Waals surface area contributed by atoms with Gasteiger partial charge in [0.1, 0.15) is 6.54 Å². The molecular weight excluding hydrogens is 240 g/mol. The number of rotatable bonds is 2. The van der Waals surface area contributed by atoms with Crippen molar-refractivity contribution in [3.63, 3.8) is 0 Å². The summed E-state index contributed by atoms with van der Waals surface area (Å²) >= 11 is 0. The van der Waals surface area contributed by atoms with Crippen molar-refractivity contribution in [1.29, 1.82) is 0 Å². The van der Waals surface area contributed by atoms with Crippen LogP contribution in [0.2, 0.25) is 0 Å². The predicted molar refractivity (Wildman–Crippen MR) is 74.3 cm³/mol. The number of likely N-dealkylation sites (N-methyl/N-ethyl adjacent to an activating group) is 1. The molecule has 0 atom stereocenters. The number of amides is 2. The van der Waals surface area contributed by atoms with Gasteiger partial charge in [-0.05, 0) is 17.5 Å². The van der Waals surface area contributed by atoms with Gasteiger partial charge in [0, 0.05) is 25.0 Å². The number of hydrogen-bond donors (Lipinski definition) is 0. The molecule has 2 amide bonds. The topological polar surface area (TPSA) is 40.6 Å². The van der Waals surface area contributed by atoms with Crippen molar-refractivity contribution in [1.82, 2.24) is 4.90 Å². The van der Waals surface area contributed by atoms with Crippen LogP contribution in [0.3, 0.4) is 0 Å². The van der Waals surface area contributed by atoms with Crippen LogP contribution in [0.5, 0.6) is 0 Å². The van der Waals surface area contributed by atoms with E-state index in [4.69, 9.17) is 0 Å². The molecule has 4 nitrogen and oxygen atoms in total. The van der Waals surface area contributed by atoms with E-state index in [2.05, 4.69) is 0 Å². The summed E-state index contributed by atoms with van der Waals surface area (Å²) in [7, 11) is 3.38. The lowest BCUT2D eigenvalue weighted by Crippen LogP contribution is -2.38. The first kappa shape index (κ1) is 11.7. The van der Waals surface area contributed by atoms with Gasteiger partial charge in [-0.25, -0.2) is 0 Å². The summed E-state index contributed by atoms with van der Waals surface area (Å²) in [4.78, 5) is 27.3. The van der Waals surface area contributed by atoms with Crippen LogP contribution in [-0.2, 0) is 4.79 Å². The summed E-state index contributed by atoms with van der Waals surface area (Å²) in [5.41, 5.74) is 1.51. The maximum Gasteiger partial charge on any atom is 0.259 e. The molecule has 2 aromatic rings. The molecule has 96 valence electrons. The zero-order valence-corrected chi connectivity index (χ0v) is 10.9. The molecule has 0 saturated carbocycles. The second kappa shape index (κ2) is 4.09. The van der Waals surface area contributed by atoms with E-state index in [-0.39, 0.29) is 18.4 Å². The number of carbonyl (C=O) groups is 2. The van der Waals surface area contributed by atoms with Crippen molar-refractivity contribution in [2.75, 3.05) is 25.5 Å². The fourth-order valence-electron chi connectivity index (χ4n) is 2.41. The lowest BCUT2D eigenvalue weighted by Gasteiger charge is -2.19. The summed E-state index contributed by atoms with van der Waals surface area (Å²) in [6.07, 6.45) is 0. The van der Waals surface area contributed by atoms with E-state index in [1.165, 1.54) is 4.90 Å². The molecule has 0 bridgehead atoms. The normalized spacial score (nSPS) is 13.2. The van der Waals surface area contributed by atoms with Crippen LogP contribution in [0.1, 0.15) is 10.4 Å². The molecule has 0 aliphatic carbocycles. The van der Waals surface area contributed by atoms with E-state index in [9.17, 15) is 9.59 Å². The molecule has 2 aromatic carbocycles. The maximum absolute atomic E-state index is 12.4. The van der Waals surface area contributed by atoms with Gasteiger partial charge in [0.25, 0.3) is 5.91 Å². The molecule has 0 aromatic heterocycles. The smallest absolute Gasteiger partial charge is 0.259 e. The third-order valence-electron chi connectivity index (χ3n) is 3.44. The minimum atomic E-state index is -0.0954. The molecule has 1 heterocycles. The van der Waals surface area contributed by atoms with Gasteiger partial charge in [-0.2, -0.15) is 0 Å². The Morgan fingerprint density at radius 1 is 1.16 bits per heavy atom. The lowest BCUT2D eigenvalue weighted by molar-refractivity contribution is -0.127. The molecule has 4 heteroatoms. The summed E-state index contributed by atoms with van der Waals surface area (Å²) < 4.78 is 0. The molecule has 1 aliphatic rings. The van der Waals surface area contributed by atoms with Crippen LogP contribution in [0, 0.1) is 0 Å². The maximum atomic E-state index is 12.4. The Morgan fingerprint density at radius 3 is 2.53 bits per heavy atom. The number of nitrogens with zero attached hydrogens (tertiary/aromatic N) is 2. The van der Waals surface area contributed by atoms with Crippen LogP contribution in [0.25, 0.3) is 10.8 Å². The first-order chi connectivity index (χ1) is 9.09. The van der Waals surface area contributed by atoms with Crippen LogP contribution < -0.4 is 4.90 Å². The Kier molecular flexibility index (Phi) is 2.52. The van der Waals surface area contributed by atoms with Crippen molar-refractivity contribution in [2.45, 2.75) is 0 Å². The van der Waals surface area contributed by atoms with E-state index >= 15 is 0 Å². The zero-order chi connectivity index (χ0) is 13.6. The van der Waals surface area contributed by atoms with E-state index < -0.39 is 0 Å². The van der Waals surface area contributed by atoms with Crippen LogP contribution in [0.15, 0.2) is 36.4 Å². The Morgan fingerprint density at radius 2 is 1.84 bits per heavy atom. The van der Waals surface area contributed by atoms with Crippen molar-refractivity contribution >= 4 is 28.3 Å². The predicted octanol–water partition coefficient (Wildman–Crippen LogP) is 1.89. The molecule has 0 N–H and O–H groups in total. The highest BCUT2D eigenvalue weighted by atomic mass is 16.2. The molecule has 0 spiro atoms. The van der Waals surface area contributed by atoms with Crippen molar-refractivity contribution in [3.05, 3.63) is 42.0 Å². The van der Waals surface area contributed by atoms with Crippen LogP contribution >= 0.6 is 0 Å². The first-order valence-electron chi connectivity index (χ1n) is 6.13. The van der Waals surface area contributed by atoms with Gasteiger partial charge < -0.3 is 4.90 Å². The number of anilines is 1. The number of hydrogen-bond acceptors (Lipinski definition) is 2. The molecular formula is C15H14N2O2. The van der Waals surface area contributed by atoms with Crippen LogP contribution in [-0.4, -0.2) is 37.4 Å². The molecule has 0 fully saturated rings. The second-order valence-corrected chi connectivity index (χ2v) is 4.86. The fourth-order valence-corrected chi connectivity index (χ4v) is 2.41. The standard InChI is InChI=1S/C15H14N2O2/c1-16(2)13(18)9-17-12-8-4-6-10-5-3-7-11(14(10)12)15(17)19/h3-8H,9H2,1-2H3. The highest BCUT2D eigenvalue weighted by molar-refractivity contribution is 6.26. The third-order valence-corrected chi connectivity index (χ3v) is 3.44. The molecule has 1 aliphatic heterocycles. The van der Waals surface area contributed by atoms with Gasteiger partial charge in [0.15, 0.2) is 0 Å². The largest absolute Gasteiger partial charge is 0.347 e. The van der Waals surface area contributed by atoms with Gasteiger partial charge >= 0.3 is 0 Å². The first-order valence-corrected chi connectivity index (χ1v) is 6.13. The van der Waals surface area contributed by atoms with Gasteiger partial charge in [-0.3, -0.25) is 14.5 Å². The fraction of sp³-hybridized carbons (Fsp3) is 0.200. The average Bonchev–Trinajstić information content (AvgIpc) is 2.67. The molecule has 0 unspecified atom stereocenters. The highest BCUT2D eigenvalue weighted by Crippen LogP contribution is 2.36. The van der Waals surface area contributed by atoms with Crippen molar-refractivity contribution in [2.24, 2.45) is 0 Å². The van der Waals surface area contributed by atoms with Crippen molar-refractivity contribution < 1.29 is 9.59 Å². The molecule has 0 radical (unpaired) electrons. The Balaban J connectivity index is 2.10. The molecule has 0 saturated heterocycles. The SMILES string of the molecule is CN(C)C(=O)CN1C(=O)c2cccc3cccc1c23. The summed E-state index contributed by atoms with van der Waals surface area (Å²) in [5.74, 6) is -0.180. The van der Waals surface area contributed by atoms with Gasteiger partial charge in [0.05, 0.1) is 5.69 Å². The van der Waals surface area contributed by atoms with Crippen molar-refractivity contribution in [3.8, 4) is 0 Å². The quantitative estimate of drug-likeness (QED) is 0.821. The highest BCUT2D eigenvalue weighted by Gasteiger charge is 2.30. The number of carbonyl (C=O) groups excluding carboxylic acids is 2. The summed E-state index contributed by atoms with van der Waals surface area (Å²) in [6, 6.07) is 11.4. The molecule has 3 rings (SSSR count). The van der Waals surface area contributed by atoms with E-state index in [0.717, 1.165) is 16.5 Å². The van der Waals surface area contributed by atoms with E-state index in [1.807, 2.05) is 36.4 Å². The van der Waals surface area contributed by atoms with Gasteiger partial charge in [-0.15, -0.1) is 0 Å². The average molecular weight is 254 g/mol. The van der Waals surface area contributed by atoms with E-state index in [0.29, 0.717) is 5.56 Å². The molecule has 19 heavy (non-hydrogen) atoms. The second-order valence-electron chi connectivity index (χ2n) is 4.86. The number of benzene rings is 2. The Labute approximate surface area is 111 Å². The Bertz CT molecular complexity index is 686. The van der Waals surface area contributed by atoms with Gasteiger partial charge in [0.2, 0.25) is 5.91 Å². The summed E-state index contributed by atoms with van der Waals surface area (Å²) in [6.45, 7) is 0.0830. The minimum Gasteiger partial charge on any atom is -0.347 e. The third kappa shape index (κ3) is 1.68. The van der Waals surface area contributed by atoms with Crippen LogP contribution in [0.4, 0.5) is 5.69 Å². The zero-order valence-electron chi connectivity index (χ0n) is 10.9. The monoisotopic (exact) mass is 254 g/mol.